The lowest BCUT2D eigenvalue weighted by molar-refractivity contribution is 0.428. The summed E-state index contributed by atoms with van der Waals surface area (Å²) in [6.45, 7) is 1.83. The van der Waals surface area contributed by atoms with E-state index in [2.05, 4.69) is 15.2 Å². The molecule has 0 spiro atoms. The van der Waals surface area contributed by atoms with Gasteiger partial charge in [-0.2, -0.15) is 14.8 Å². The molecule has 4 aromatic rings. The first-order chi connectivity index (χ1) is 11.7. The zero-order valence-electron chi connectivity index (χ0n) is 12.7. The van der Waals surface area contributed by atoms with E-state index in [0.29, 0.717) is 22.8 Å². The first kappa shape index (κ1) is 14.1. The van der Waals surface area contributed by atoms with Crippen LogP contribution in [0.15, 0.2) is 68.5 Å². The van der Waals surface area contributed by atoms with E-state index < -0.39 is 0 Å². The molecular formula is C17H12N4O3. The molecule has 3 aromatic heterocycles. The number of hydrogen-bond donors (Lipinski definition) is 0. The molecule has 7 nitrogen and oxygen atoms in total. The van der Waals surface area contributed by atoms with Crippen molar-refractivity contribution in [2.75, 3.05) is 0 Å². The van der Waals surface area contributed by atoms with Gasteiger partial charge in [0.2, 0.25) is 5.82 Å². The molecule has 0 unspecified atom stereocenters. The summed E-state index contributed by atoms with van der Waals surface area (Å²) in [6.07, 6.45) is 1.51. The van der Waals surface area contributed by atoms with Crippen LogP contribution in [0.2, 0.25) is 0 Å². The molecule has 0 radical (unpaired) electrons. The summed E-state index contributed by atoms with van der Waals surface area (Å²) in [5.74, 6) is 1.80. The summed E-state index contributed by atoms with van der Waals surface area (Å²) in [6, 6.07) is 14.1. The summed E-state index contributed by atoms with van der Waals surface area (Å²) >= 11 is 0. The minimum absolute atomic E-state index is 0.212. The SMILES string of the molecule is Cc1ccc(-c2noc(-c3cnn(-c4ccccc4)c(=O)c3)n2)o1. The number of aromatic nitrogens is 4. The van der Waals surface area contributed by atoms with Gasteiger partial charge >= 0.3 is 0 Å². The third-order valence-electron chi connectivity index (χ3n) is 3.43. The van der Waals surface area contributed by atoms with Crippen molar-refractivity contribution in [3.8, 4) is 28.7 Å². The van der Waals surface area contributed by atoms with Gasteiger partial charge in [-0.25, -0.2) is 0 Å². The number of hydrogen-bond acceptors (Lipinski definition) is 6. The monoisotopic (exact) mass is 320 g/mol. The zero-order valence-corrected chi connectivity index (χ0v) is 12.7. The minimum atomic E-state index is -0.285. The van der Waals surface area contributed by atoms with Crippen LogP contribution in [0, 0.1) is 6.92 Å². The van der Waals surface area contributed by atoms with Crippen LogP contribution in [-0.4, -0.2) is 19.9 Å². The second-order valence-corrected chi connectivity index (χ2v) is 5.16. The fraction of sp³-hybridized carbons (Fsp3) is 0.0588. The number of rotatable bonds is 3. The quantitative estimate of drug-likeness (QED) is 0.577. The Hall–Kier alpha value is -3.48. The highest BCUT2D eigenvalue weighted by Gasteiger charge is 2.14. The number of nitrogens with zero attached hydrogens (tertiary/aromatic N) is 4. The Kier molecular flexibility index (Phi) is 3.31. The van der Waals surface area contributed by atoms with Gasteiger partial charge in [0.1, 0.15) is 5.76 Å². The third kappa shape index (κ3) is 2.52. The van der Waals surface area contributed by atoms with Crippen molar-refractivity contribution in [1.82, 2.24) is 19.9 Å². The molecule has 0 saturated carbocycles. The standard InChI is InChI=1S/C17H12N4O3/c1-11-7-8-14(23-11)16-19-17(24-20-16)12-9-15(22)21(18-10-12)13-5-3-2-4-6-13/h2-10H,1H3. The van der Waals surface area contributed by atoms with Gasteiger partial charge < -0.3 is 8.94 Å². The number of aryl methyl sites for hydroxylation is 1. The molecule has 0 aliphatic heterocycles. The molecule has 0 atom stereocenters. The molecule has 0 bridgehead atoms. The van der Waals surface area contributed by atoms with Gasteiger partial charge in [-0.05, 0) is 31.2 Å². The Labute approximate surface area is 136 Å². The highest BCUT2D eigenvalue weighted by molar-refractivity contribution is 5.55. The lowest BCUT2D eigenvalue weighted by atomic mass is 10.3. The summed E-state index contributed by atoms with van der Waals surface area (Å²) < 4.78 is 12.0. The van der Waals surface area contributed by atoms with E-state index in [4.69, 9.17) is 8.94 Å². The molecule has 0 saturated heterocycles. The summed E-state index contributed by atoms with van der Waals surface area (Å²) in [5, 5.41) is 8.03. The van der Waals surface area contributed by atoms with Crippen LogP contribution in [-0.2, 0) is 0 Å². The van der Waals surface area contributed by atoms with Crippen molar-refractivity contribution in [2.45, 2.75) is 6.92 Å². The van der Waals surface area contributed by atoms with E-state index in [0.717, 1.165) is 5.76 Å². The Bertz CT molecular complexity index is 1050. The number of para-hydroxylation sites is 1. The number of furan rings is 1. The van der Waals surface area contributed by atoms with Crippen LogP contribution >= 0.6 is 0 Å². The molecule has 0 fully saturated rings. The van der Waals surface area contributed by atoms with Crippen molar-refractivity contribution in [1.29, 1.82) is 0 Å². The van der Waals surface area contributed by atoms with Crippen LogP contribution in [0.25, 0.3) is 28.7 Å². The predicted molar refractivity (Wildman–Crippen MR) is 85.6 cm³/mol. The Balaban J connectivity index is 1.70. The second kappa shape index (κ2) is 5.62. The maximum Gasteiger partial charge on any atom is 0.272 e. The van der Waals surface area contributed by atoms with Gasteiger partial charge in [0.05, 0.1) is 17.4 Å². The molecule has 0 N–H and O–H groups in total. The molecule has 7 heteroatoms. The number of benzene rings is 1. The van der Waals surface area contributed by atoms with Crippen molar-refractivity contribution < 1.29 is 8.94 Å². The summed E-state index contributed by atoms with van der Waals surface area (Å²) in [7, 11) is 0. The Morgan fingerprint density at radius 2 is 1.92 bits per heavy atom. The molecule has 0 aliphatic carbocycles. The predicted octanol–water partition coefficient (Wildman–Crippen LogP) is 2.85. The lowest BCUT2D eigenvalue weighted by Crippen LogP contribution is -2.19. The van der Waals surface area contributed by atoms with Gasteiger partial charge in [-0.3, -0.25) is 4.79 Å². The maximum absolute atomic E-state index is 12.3. The van der Waals surface area contributed by atoms with Crippen LogP contribution in [0.3, 0.4) is 0 Å². The van der Waals surface area contributed by atoms with Crippen LogP contribution in [0.4, 0.5) is 0 Å². The van der Waals surface area contributed by atoms with Crippen molar-refractivity contribution in [3.05, 3.63) is 70.8 Å². The molecule has 4 rings (SSSR count). The Morgan fingerprint density at radius 3 is 2.62 bits per heavy atom. The molecule has 3 heterocycles. The highest BCUT2D eigenvalue weighted by atomic mass is 16.5. The third-order valence-corrected chi connectivity index (χ3v) is 3.43. The topological polar surface area (TPSA) is 87.0 Å². The molecule has 0 aliphatic rings. The largest absolute Gasteiger partial charge is 0.458 e. The van der Waals surface area contributed by atoms with Gasteiger partial charge in [-0.15, -0.1) is 0 Å². The molecule has 118 valence electrons. The van der Waals surface area contributed by atoms with Crippen molar-refractivity contribution in [2.24, 2.45) is 0 Å². The normalized spacial score (nSPS) is 10.9. The summed E-state index contributed by atoms with van der Waals surface area (Å²) in [5.41, 5.74) is 0.854. The van der Waals surface area contributed by atoms with Crippen molar-refractivity contribution in [3.63, 3.8) is 0 Å². The van der Waals surface area contributed by atoms with E-state index in [-0.39, 0.29) is 11.4 Å². The second-order valence-electron chi connectivity index (χ2n) is 5.16. The van der Waals surface area contributed by atoms with Crippen LogP contribution in [0.5, 0.6) is 0 Å². The van der Waals surface area contributed by atoms with E-state index in [9.17, 15) is 4.79 Å². The Morgan fingerprint density at radius 1 is 1.08 bits per heavy atom. The van der Waals surface area contributed by atoms with E-state index >= 15 is 0 Å². The first-order valence-corrected chi connectivity index (χ1v) is 7.26. The zero-order chi connectivity index (χ0) is 16.5. The highest BCUT2D eigenvalue weighted by Crippen LogP contribution is 2.22. The fourth-order valence-corrected chi connectivity index (χ4v) is 2.28. The van der Waals surface area contributed by atoms with E-state index in [1.54, 1.807) is 18.2 Å². The van der Waals surface area contributed by atoms with Gasteiger partial charge in [-0.1, -0.05) is 23.4 Å². The molecule has 1 aromatic carbocycles. The smallest absolute Gasteiger partial charge is 0.272 e. The fourth-order valence-electron chi connectivity index (χ4n) is 2.28. The van der Waals surface area contributed by atoms with E-state index in [1.807, 2.05) is 31.2 Å². The first-order valence-electron chi connectivity index (χ1n) is 7.26. The van der Waals surface area contributed by atoms with Crippen LogP contribution < -0.4 is 5.56 Å². The maximum atomic E-state index is 12.3. The van der Waals surface area contributed by atoms with E-state index in [1.165, 1.54) is 16.9 Å². The van der Waals surface area contributed by atoms with Gasteiger partial charge in [0.25, 0.3) is 11.4 Å². The van der Waals surface area contributed by atoms with Crippen LogP contribution in [0.1, 0.15) is 5.76 Å². The molecular weight excluding hydrogens is 308 g/mol. The molecule has 24 heavy (non-hydrogen) atoms. The molecule has 0 amide bonds. The average Bonchev–Trinajstić information content (AvgIpc) is 3.24. The average molecular weight is 320 g/mol. The summed E-state index contributed by atoms with van der Waals surface area (Å²) in [4.78, 5) is 16.5. The lowest BCUT2D eigenvalue weighted by Gasteiger charge is -2.03. The minimum Gasteiger partial charge on any atom is -0.458 e. The van der Waals surface area contributed by atoms with Gasteiger partial charge in [0, 0.05) is 6.07 Å². The van der Waals surface area contributed by atoms with Crippen molar-refractivity contribution >= 4 is 0 Å². The van der Waals surface area contributed by atoms with Gasteiger partial charge in [0.15, 0.2) is 5.76 Å².